The smallest absolute Gasteiger partial charge is 0.265 e. The van der Waals surface area contributed by atoms with E-state index in [1.807, 2.05) is 30.0 Å². The van der Waals surface area contributed by atoms with E-state index >= 15 is 0 Å². The molecular weight excluding hydrogens is 484 g/mol. The number of amides is 2. The molecule has 0 unspecified atom stereocenters. The lowest BCUT2D eigenvalue weighted by Crippen LogP contribution is -2.37. The molecule has 8 heteroatoms. The van der Waals surface area contributed by atoms with Gasteiger partial charge in [0.1, 0.15) is 11.5 Å². The molecule has 2 aliphatic heterocycles. The molecule has 1 fully saturated rings. The van der Waals surface area contributed by atoms with Gasteiger partial charge in [0.05, 0.1) is 24.5 Å². The van der Waals surface area contributed by atoms with Crippen molar-refractivity contribution in [2.45, 2.75) is 50.6 Å². The average Bonchev–Trinajstić information content (AvgIpc) is 3.39. The molecular formula is C29H34N4O3S. The highest BCUT2D eigenvalue weighted by Gasteiger charge is 2.26. The predicted octanol–water partition coefficient (Wildman–Crippen LogP) is 5.22. The quantitative estimate of drug-likeness (QED) is 0.299. The second-order valence-corrected chi connectivity index (χ2v) is 10.6. The van der Waals surface area contributed by atoms with E-state index in [0.29, 0.717) is 17.9 Å². The zero-order valence-electron chi connectivity index (χ0n) is 21.3. The fourth-order valence-corrected chi connectivity index (χ4v) is 5.68. The third-order valence-electron chi connectivity index (χ3n) is 6.81. The molecule has 0 atom stereocenters. The van der Waals surface area contributed by atoms with Crippen molar-refractivity contribution in [2.24, 2.45) is 0 Å². The highest BCUT2D eigenvalue weighted by atomic mass is 32.2. The number of benzene rings is 2. The number of furan rings is 1. The molecule has 2 amide bonds. The van der Waals surface area contributed by atoms with Crippen LogP contribution in [0, 0.1) is 0 Å². The number of nitrogens with zero attached hydrogens (tertiary/aromatic N) is 2. The number of thioether (sulfide) groups is 1. The molecule has 3 aromatic rings. The molecule has 0 radical (unpaired) electrons. The Morgan fingerprint density at radius 2 is 1.81 bits per heavy atom. The minimum absolute atomic E-state index is 0.0745. The first-order chi connectivity index (χ1) is 18.1. The van der Waals surface area contributed by atoms with Gasteiger partial charge in [0.25, 0.3) is 5.91 Å². The van der Waals surface area contributed by atoms with Crippen LogP contribution in [-0.4, -0.2) is 42.1 Å². The summed E-state index contributed by atoms with van der Waals surface area (Å²) >= 11 is 1.57. The Bertz CT molecular complexity index is 1230. The van der Waals surface area contributed by atoms with Crippen molar-refractivity contribution in [3.63, 3.8) is 0 Å². The maximum Gasteiger partial charge on any atom is 0.265 e. The lowest BCUT2D eigenvalue weighted by Gasteiger charge is -2.29. The van der Waals surface area contributed by atoms with Gasteiger partial charge in [0, 0.05) is 22.6 Å². The summed E-state index contributed by atoms with van der Waals surface area (Å²) in [7, 11) is 0. The monoisotopic (exact) mass is 518 g/mol. The van der Waals surface area contributed by atoms with Crippen LogP contribution in [0.4, 0.5) is 5.69 Å². The molecule has 1 saturated heterocycles. The summed E-state index contributed by atoms with van der Waals surface area (Å²) < 4.78 is 6.22. The third kappa shape index (κ3) is 6.26. The van der Waals surface area contributed by atoms with Gasteiger partial charge in [-0.1, -0.05) is 25.5 Å². The number of carbonyl (C=O) groups excluding carboxylic acids is 2. The minimum Gasteiger partial charge on any atom is -0.460 e. The van der Waals surface area contributed by atoms with Gasteiger partial charge in [-0.25, -0.2) is 5.43 Å². The molecule has 0 bridgehead atoms. The minimum atomic E-state index is -0.168. The van der Waals surface area contributed by atoms with E-state index in [0.717, 1.165) is 65.8 Å². The van der Waals surface area contributed by atoms with Crippen molar-refractivity contribution in [1.82, 2.24) is 15.8 Å². The van der Waals surface area contributed by atoms with Crippen LogP contribution in [0.25, 0.3) is 11.3 Å². The maximum absolute atomic E-state index is 13.0. The number of nitrogens with one attached hydrogen (secondary N) is 2. The van der Waals surface area contributed by atoms with Gasteiger partial charge in [-0.2, -0.15) is 0 Å². The first-order valence-electron chi connectivity index (χ1n) is 13.1. The van der Waals surface area contributed by atoms with Gasteiger partial charge in [0.2, 0.25) is 5.91 Å². The van der Waals surface area contributed by atoms with Crippen molar-refractivity contribution in [2.75, 3.05) is 30.3 Å². The highest BCUT2D eigenvalue weighted by molar-refractivity contribution is 8.00. The van der Waals surface area contributed by atoms with Gasteiger partial charge < -0.3 is 9.32 Å². The Morgan fingerprint density at radius 3 is 2.59 bits per heavy atom. The number of hydrogen-bond acceptors (Lipinski definition) is 6. The van der Waals surface area contributed by atoms with Crippen LogP contribution in [0.1, 0.15) is 54.3 Å². The van der Waals surface area contributed by atoms with Crippen LogP contribution in [0.3, 0.4) is 0 Å². The number of likely N-dealkylation sites (tertiary alicyclic amines) is 1. The molecule has 194 valence electrons. The fraction of sp³-hybridized carbons (Fsp3) is 0.379. The average molecular weight is 519 g/mol. The molecule has 1 aromatic heterocycles. The predicted molar refractivity (Wildman–Crippen MR) is 147 cm³/mol. The summed E-state index contributed by atoms with van der Waals surface area (Å²) in [5.74, 6) is 2.12. The van der Waals surface area contributed by atoms with E-state index < -0.39 is 0 Å². The van der Waals surface area contributed by atoms with Crippen LogP contribution in [-0.2, 0) is 17.9 Å². The van der Waals surface area contributed by atoms with Crippen LogP contribution < -0.4 is 15.8 Å². The summed E-state index contributed by atoms with van der Waals surface area (Å²) in [5, 5.41) is 0. The standard InChI is InChI=1S/C29H34N4O3S/c1-2-14-30-31-29(35)22-8-6-21(7-9-22)18-33-25-17-23(10-13-27(25)37-20-28(33)34)26-12-11-24(36-26)19-32-15-4-3-5-16-32/h6-13,17,30H,2-5,14-16,18-20H2,1H3,(H,31,35). The Kier molecular flexibility index (Phi) is 8.28. The Morgan fingerprint density at radius 1 is 1.00 bits per heavy atom. The van der Waals surface area contributed by atoms with Crippen LogP contribution in [0.15, 0.2) is 63.9 Å². The molecule has 3 heterocycles. The first-order valence-corrected chi connectivity index (χ1v) is 14.1. The van der Waals surface area contributed by atoms with Crippen molar-refractivity contribution in [3.8, 4) is 11.3 Å². The van der Waals surface area contributed by atoms with Gasteiger partial charge in [-0.05, 0) is 80.4 Å². The largest absolute Gasteiger partial charge is 0.460 e. The van der Waals surface area contributed by atoms with E-state index in [2.05, 4.69) is 40.0 Å². The zero-order valence-corrected chi connectivity index (χ0v) is 22.1. The van der Waals surface area contributed by atoms with Gasteiger partial charge in [-0.15, -0.1) is 11.8 Å². The summed E-state index contributed by atoms with van der Waals surface area (Å²) in [4.78, 5) is 30.6. The van der Waals surface area contributed by atoms with E-state index in [1.165, 1.54) is 19.3 Å². The number of hydrazine groups is 1. The molecule has 2 aliphatic rings. The second kappa shape index (κ2) is 12.0. The molecule has 0 spiro atoms. The Hall–Kier alpha value is -3.07. The number of anilines is 1. The molecule has 0 saturated carbocycles. The molecule has 37 heavy (non-hydrogen) atoms. The lowest BCUT2D eigenvalue weighted by atomic mass is 10.1. The maximum atomic E-state index is 13.0. The highest BCUT2D eigenvalue weighted by Crippen LogP contribution is 2.39. The molecule has 7 nitrogen and oxygen atoms in total. The van der Waals surface area contributed by atoms with Gasteiger partial charge >= 0.3 is 0 Å². The van der Waals surface area contributed by atoms with E-state index in [4.69, 9.17) is 4.42 Å². The fourth-order valence-electron chi connectivity index (χ4n) is 4.77. The van der Waals surface area contributed by atoms with Crippen LogP contribution >= 0.6 is 11.8 Å². The Balaban J connectivity index is 1.30. The lowest BCUT2D eigenvalue weighted by molar-refractivity contribution is -0.116. The number of fused-ring (bicyclic) bond motifs is 1. The van der Waals surface area contributed by atoms with Crippen molar-refractivity contribution >= 4 is 29.3 Å². The molecule has 5 rings (SSSR count). The second-order valence-electron chi connectivity index (χ2n) is 9.63. The van der Waals surface area contributed by atoms with E-state index in [-0.39, 0.29) is 11.8 Å². The Labute approximate surface area is 222 Å². The van der Waals surface area contributed by atoms with E-state index in [1.54, 1.807) is 23.9 Å². The zero-order chi connectivity index (χ0) is 25.6. The first kappa shape index (κ1) is 25.6. The summed E-state index contributed by atoms with van der Waals surface area (Å²) in [6.07, 6.45) is 4.76. The van der Waals surface area contributed by atoms with Crippen molar-refractivity contribution < 1.29 is 14.0 Å². The van der Waals surface area contributed by atoms with Crippen molar-refractivity contribution in [1.29, 1.82) is 0 Å². The van der Waals surface area contributed by atoms with Crippen LogP contribution in [0.2, 0.25) is 0 Å². The number of rotatable bonds is 9. The normalized spacial score (nSPS) is 16.0. The van der Waals surface area contributed by atoms with Crippen LogP contribution in [0.5, 0.6) is 0 Å². The number of piperidine rings is 1. The summed E-state index contributed by atoms with van der Waals surface area (Å²) in [6, 6.07) is 17.7. The topological polar surface area (TPSA) is 77.8 Å². The van der Waals surface area contributed by atoms with Gasteiger partial charge in [0.15, 0.2) is 0 Å². The van der Waals surface area contributed by atoms with Crippen molar-refractivity contribution in [3.05, 3.63) is 71.5 Å². The summed E-state index contributed by atoms with van der Waals surface area (Å²) in [5.41, 5.74) is 9.02. The van der Waals surface area contributed by atoms with E-state index in [9.17, 15) is 9.59 Å². The molecule has 2 N–H and O–H groups in total. The summed E-state index contributed by atoms with van der Waals surface area (Å²) in [6.45, 7) is 6.31. The SMILES string of the molecule is CCCNNC(=O)c1ccc(CN2C(=O)CSc3ccc(-c4ccc(CN5CCCCC5)o4)cc32)cc1. The third-order valence-corrected chi connectivity index (χ3v) is 7.86. The number of hydrogen-bond donors (Lipinski definition) is 2. The number of carbonyl (C=O) groups is 2. The van der Waals surface area contributed by atoms with Gasteiger partial charge in [-0.3, -0.25) is 19.9 Å². The molecule has 2 aromatic carbocycles. The molecule has 0 aliphatic carbocycles.